The van der Waals surface area contributed by atoms with Crippen LogP contribution in [0.25, 0.3) is 0 Å². The molecule has 1 aliphatic rings. The van der Waals surface area contributed by atoms with E-state index in [2.05, 4.69) is 35.0 Å². The highest BCUT2D eigenvalue weighted by Gasteiger charge is 2.17. The molecular weight excluding hydrogens is 262 g/mol. The summed E-state index contributed by atoms with van der Waals surface area (Å²) in [7, 11) is 2.16. The molecule has 1 aliphatic heterocycles. The Kier molecular flexibility index (Phi) is 6.58. The number of aliphatic hydroxyl groups is 1. The molecule has 0 aliphatic carbocycles. The largest absolute Gasteiger partial charge is 0.395 e. The van der Waals surface area contributed by atoms with Crippen LogP contribution >= 0.6 is 12.4 Å². The fourth-order valence-corrected chi connectivity index (χ4v) is 2.39. The van der Waals surface area contributed by atoms with Crippen LogP contribution in [0.15, 0.2) is 24.3 Å². The number of hydrogen-bond donors (Lipinski definition) is 2. The van der Waals surface area contributed by atoms with E-state index >= 15 is 0 Å². The number of nitrogens with two attached hydrogens (primary N) is 1. The molecule has 19 heavy (non-hydrogen) atoms. The number of nitrogens with zero attached hydrogens (tertiary/aromatic N) is 2. The van der Waals surface area contributed by atoms with Crippen LogP contribution < -0.4 is 10.6 Å². The van der Waals surface area contributed by atoms with Gasteiger partial charge in [0.25, 0.3) is 0 Å². The highest BCUT2D eigenvalue weighted by atomic mass is 35.5. The van der Waals surface area contributed by atoms with Gasteiger partial charge < -0.3 is 20.6 Å². The van der Waals surface area contributed by atoms with Crippen LogP contribution in [0.5, 0.6) is 0 Å². The molecule has 3 N–H and O–H groups in total. The number of benzene rings is 1. The van der Waals surface area contributed by atoms with Crippen LogP contribution in [0.2, 0.25) is 0 Å². The lowest BCUT2D eigenvalue weighted by Crippen LogP contribution is -2.45. The molecule has 0 bridgehead atoms. The molecule has 1 atom stereocenters. The summed E-state index contributed by atoms with van der Waals surface area (Å²) in [6.07, 6.45) is 0.735. The normalized spacial score (nSPS) is 17.9. The molecule has 0 spiro atoms. The van der Waals surface area contributed by atoms with E-state index < -0.39 is 0 Å². The van der Waals surface area contributed by atoms with Crippen molar-refractivity contribution in [1.29, 1.82) is 0 Å². The lowest BCUT2D eigenvalue weighted by atomic mass is 10.0. The van der Waals surface area contributed by atoms with Crippen molar-refractivity contribution in [2.45, 2.75) is 12.5 Å². The summed E-state index contributed by atoms with van der Waals surface area (Å²) >= 11 is 0. The highest BCUT2D eigenvalue weighted by molar-refractivity contribution is 5.85. The van der Waals surface area contributed by atoms with E-state index in [1.807, 2.05) is 6.07 Å². The van der Waals surface area contributed by atoms with Gasteiger partial charge in [0.1, 0.15) is 0 Å². The third-order valence-corrected chi connectivity index (χ3v) is 3.55. The third kappa shape index (κ3) is 4.35. The van der Waals surface area contributed by atoms with Crippen LogP contribution in [0.4, 0.5) is 5.69 Å². The minimum Gasteiger partial charge on any atom is -0.395 e. The number of aliphatic hydroxyl groups excluding tert-OH is 1. The SMILES string of the molecule is CN1CCN(c2ccccc2CC(N)CO)CC1.Cl. The summed E-state index contributed by atoms with van der Waals surface area (Å²) in [6.45, 7) is 4.35. The molecule has 2 rings (SSSR count). The number of hydrogen-bond acceptors (Lipinski definition) is 4. The zero-order valence-corrected chi connectivity index (χ0v) is 12.3. The molecule has 0 saturated carbocycles. The average molecular weight is 286 g/mol. The molecule has 0 radical (unpaired) electrons. The summed E-state index contributed by atoms with van der Waals surface area (Å²) in [5.74, 6) is 0. The standard InChI is InChI=1S/C14H23N3O.ClH/c1-16-6-8-17(9-7-16)14-5-3-2-4-12(14)10-13(15)11-18;/h2-5,13,18H,6-11,15H2,1H3;1H. The van der Waals surface area contributed by atoms with E-state index in [0.29, 0.717) is 0 Å². The number of para-hydroxylation sites is 1. The molecule has 1 aromatic rings. The average Bonchev–Trinajstić information content (AvgIpc) is 2.40. The van der Waals surface area contributed by atoms with Gasteiger partial charge in [-0.3, -0.25) is 0 Å². The first-order valence-electron chi connectivity index (χ1n) is 6.58. The Morgan fingerprint density at radius 2 is 1.84 bits per heavy atom. The second-order valence-electron chi connectivity index (χ2n) is 5.07. The van der Waals surface area contributed by atoms with Gasteiger partial charge in [-0.2, -0.15) is 0 Å². The predicted octanol–water partition coefficient (Wildman–Crippen LogP) is 0.722. The third-order valence-electron chi connectivity index (χ3n) is 3.55. The van der Waals surface area contributed by atoms with Crippen LogP contribution in [0.1, 0.15) is 5.56 Å². The van der Waals surface area contributed by atoms with Gasteiger partial charge in [0.15, 0.2) is 0 Å². The van der Waals surface area contributed by atoms with Crippen molar-refractivity contribution in [2.24, 2.45) is 5.73 Å². The van der Waals surface area contributed by atoms with Crippen LogP contribution in [0, 0.1) is 0 Å². The molecule has 4 nitrogen and oxygen atoms in total. The van der Waals surface area contributed by atoms with Crippen LogP contribution in [-0.2, 0) is 6.42 Å². The van der Waals surface area contributed by atoms with Crippen molar-refractivity contribution in [3.8, 4) is 0 Å². The van der Waals surface area contributed by atoms with Gasteiger partial charge in [-0.25, -0.2) is 0 Å². The Balaban J connectivity index is 0.00000180. The number of piperazine rings is 1. The van der Waals surface area contributed by atoms with E-state index in [4.69, 9.17) is 10.8 Å². The van der Waals surface area contributed by atoms with Crippen molar-refractivity contribution < 1.29 is 5.11 Å². The molecule has 1 unspecified atom stereocenters. The van der Waals surface area contributed by atoms with Crippen LogP contribution in [0.3, 0.4) is 0 Å². The Morgan fingerprint density at radius 1 is 1.21 bits per heavy atom. The van der Waals surface area contributed by atoms with Crippen molar-refractivity contribution >= 4 is 18.1 Å². The molecular formula is C14H24ClN3O. The van der Waals surface area contributed by atoms with Crippen LogP contribution in [-0.4, -0.2) is 55.9 Å². The molecule has 1 heterocycles. The van der Waals surface area contributed by atoms with Gasteiger partial charge in [0.05, 0.1) is 6.61 Å². The molecule has 5 heteroatoms. The van der Waals surface area contributed by atoms with Crippen molar-refractivity contribution in [3.63, 3.8) is 0 Å². The summed E-state index contributed by atoms with van der Waals surface area (Å²) in [5.41, 5.74) is 8.36. The fraction of sp³-hybridized carbons (Fsp3) is 0.571. The summed E-state index contributed by atoms with van der Waals surface area (Å²) in [6, 6.07) is 8.22. The van der Waals surface area contributed by atoms with E-state index in [1.54, 1.807) is 0 Å². The minimum absolute atomic E-state index is 0. The Bertz CT molecular complexity index is 381. The first-order valence-corrected chi connectivity index (χ1v) is 6.58. The van der Waals surface area contributed by atoms with E-state index in [0.717, 1.165) is 32.6 Å². The number of rotatable bonds is 4. The zero-order chi connectivity index (χ0) is 13.0. The van der Waals surface area contributed by atoms with Crippen molar-refractivity contribution in [2.75, 3.05) is 44.7 Å². The van der Waals surface area contributed by atoms with Gasteiger partial charge >= 0.3 is 0 Å². The Morgan fingerprint density at radius 3 is 2.47 bits per heavy atom. The zero-order valence-electron chi connectivity index (χ0n) is 11.5. The fourth-order valence-electron chi connectivity index (χ4n) is 2.39. The van der Waals surface area contributed by atoms with Gasteiger partial charge in [-0.15, -0.1) is 12.4 Å². The maximum absolute atomic E-state index is 9.09. The van der Waals surface area contributed by atoms with Crippen molar-refractivity contribution in [1.82, 2.24) is 4.90 Å². The number of halogens is 1. The van der Waals surface area contributed by atoms with E-state index in [1.165, 1.54) is 11.3 Å². The lowest BCUT2D eigenvalue weighted by molar-refractivity contribution is 0.265. The topological polar surface area (TPSA) is 52.7 Å². The number of anilines is 1. The molecule has 1 saturated heterocycles. The quantitative estimate of drug-likeness (QED) is 0.856. The minimum atomic E-state index is -0.168. The molecule has 0 amide bonds. The predicted molar refractivity (Wildman–Crippen MR) is 82.2 cm³/mol. The van der Waals surface area contributed by atoms with Crippen molar-refractivity contribution in [3.05, 3.63) is 29.8 Å². The second kappa shape index (κ2) is 7.70. The summed E-state index contributed by atoms with van der Waals surface area (Å²) in [5, 5.41) is 9.09. The molecule has 1 fully saturated rings. The highest BCUT2D eigenvalue weighted by Crippen LogP contribution is 2.22. The maximum Gasteiger partial charge on any atom is 0.0585 e. The van der Waals surface area contributed by atoms with Gasteiger partial charge in [0, 0.05) is 37.9 Å². The van der Waals surface area contributed by atoms with Gasteiger partial charge in [0.2, 0.25) is 0 Å². The Labute approximate surface area is 121 Å². The maximum atomic E-state index is 9.09. The van der Waals surface area contributed by atoms with E-state index in [-0.39, 0.29) is 25.1 Å². The smallest absolute Gasteiger partial charge is 0.0585 e. The second-order valence-corrected chi connectivity index (χ2v) is 5.07. The van der Waals surface area contributed by atoms with E-state index in [9.17, 15) is 0 Å². The summed E-state index contributed by atoms with van der Waals surface area (Å²) in [4.78, 5) is 4.76. The summed E-state index contributed by atoms with van der Waals surface area (Å²) < 4.78 is 0. The lowest BCUT2D eigenvalue weighted by Gasteiger charge is -2.35. The molecule has 108 valence electrons. The first kappa shape index (κ1) is 16.2. The Hall–Kier alpha value is -0.810. The van der Waals surface area contributed by atoms with Gasteiger partial charge in [-0.1, -0.05) is 18.2 Å². The number of likely N-dealkylation sites (N-methyl/N-ethyl adjacent to an activating group) is 1. The first-order chi connectivity index (χ1) is 8.70. The monoisotopic (exact) mass is 285 g/mol. The van der Waals surface area contributed by atoms with Gasteiger partial charge in [-0.05, 0) is 25.1 Å². The molecule has 0 aromatic heterocycles. The molecule has 1 aromatic carbocycles.